The number of hydrogen-bond donors (Lipinski definition) is 2. The van der Waals surface area contributed by atoms with Crippen molar-refractivity contribution in [2.75, 3.05) is 0 Å². The van der Waals surface area contributed by atoms with Crippen LogP contribution in [0.1, 0.15) is 50.2 Å². The number of aliphatic hydroxyl groups is 1. The van der Waals surface area contributed by atoms with Crippen molar-refractivity contribution in [1.29, 1.82) is 5.41 Å². The van der Waals surface area contributed by atoms with Crippen molar-refractivity contribution in [3.8, 4) is 11.1 Å². The van der Waals surface area contributed by atoms with Crippen molar-refractivity contribution < 1.29 is 9.90 Å². The Kier molecular flexibility index (Phi) is 5.60. The van der Waals surface area contributed by atoms with Crippen molar-refractivity contribution in [1.82, 2.24) is 0 Å². The van der Waals surface area contributed by atoms with Gasteiger partial charge in [-0.15, -0.1) is 0 Å². The Morgan fingerprint density at radius 2 is 1.76 bits per heavy atom. The summed E-state index contributed by atoms with van der Waals surface area (Å²) < 4.78 is 0. The van der Waals surface area contributed by atoms with Gasteiger partial charge in [-0.1, -0.05) is 42.8 Å². The number of Topliss-reactive ketones (excluding diaryl/α,β-unsaturated/α-hetero) is 1. The number of hydrogen-bond acceptors (Lipinski definition) is 3. The van der Waals surface area contributed by atoms with Crippen molar-refractivity contribution in [2.45, 2.75) is 45.4 Å². The molecule has 1 saturated carbocycles. The maximum Gasteiger partial charge on any atom is 0.167 e. The molecule has 3 aliphatic carbocycles. The summed E-state index contributed by atoms with van der Waals surface area (Å²) in [4.78, 5) is 13.3. The molecule has 2 aromatic rings. The van der Waals surface area contributed by atoms with Crippen LogP contribution in [-0.2, 0) is 11.2 Å². The molecule has 5 rings (SSSR count). The number of carbonyl (C=O) groups is 1. The first-order valence-electron chi connectivity index (χ1n) is 10.4. The van der Waals surface area contributed by atoms with E-state index in [1.165, 1.54) is 0 Å². The zero-order chi connectivity index (χ0) is 20.5. The number of carbonyl (C=O) groups excluding carboxylic acids is 1. The molecule has 2 aromatic carbocycles. The second-order valence-corrected chi connectivity index (χ2v) is 8.69. The average molecular weight is 408 g/mol. The van der Waals surface area contributed by atoms with Crippen molar-refractivity contribution >= 4 is 28.7 Å². The van der Waals surface area contributed by atoms with Crippen LogP contribution in [0.25, 0.3) is 16.7 Å². The lowest BCUT2D eigenvalue weighted by Gasteiger charge is -2.27. The summed E-state index contributed by atoms with van der Waals surface area (Å²) in [6, 6.07) is 13.8. The smallest absolute Gasteiger partial charge is 0.167 e. The number of aliphatic hydroxyl groups excluding tert-OH is 1. The fourth-order valence-corrected chi connectivity index (χ4v) is 4.82. The minimum absolute atomic E-state index is 0.0178. The Morgan fingerprint density at radius 3 is 2.45 bits per heavy atom. The van der Waals surface area contributed by atoms with Gasteiger partial charge in [0.15, 0.2) is 5.78 Å². The van der Waals surface area contributed by atoms with Crippen LogP contribution in [0.5, 0.6) is 0 Å². The van der Waals surface area contributed by atoms with Crippen LogP contribution in [0.3, 0.4) is 0 Å². The van der Waals surface area contributed by atoms with Crippen molar-refractivity contribution in [3.05, 3.63) is 64.4 Å². The molecule has 0 heterocycles. The van der Waals surface area contributed by atoms with Crippen molar-refractivity contribution in [2.24, 2.45) is 11.8 Å². The van der Waals surface area contributed by atoms with E-state index in [2.05, 4.69) is 19.1 Å². The molecule has 0 aliphatic heterocycles. The highest BCUT2D eigenvalue weighted by Gasteiger charge is 2.33. The van der Waals surface area contributed by atoms with Gasteiger partial charge in [-0.05, 0) is 72.1 Å². The molecule has 0 saturated heterocycles. The lowest BCUT2D eigenvalue weighted by molar-refractivity contribution is -0.114. The number of benzene rings is 2. The molecule has 2 N–H and O–H groups in total. The largest absolute Gasteiger partial charge is 0.512 e. The number of allylic oxidation sites excluding steroid dienone is 2. The van der Waals surface area contributed by atoms with Gasteiger partial charge in [-0.2, -0.15) is 0 Å². The lowest BCUT2D eigenvalue weighted by Crippen LogP contribution is -2.25. The van der Waals surface area contributed by atoms with Gasteiger partial charge in [-0.25, -0.2) is 0 Å². The van der Waals surface area contributed by atoms with Gasteiger partial charge in [0.1, 0.15) is 5.76 Å². The van der Waals surface area contributed by atoms with Gasteiger partial charge >= 0.3 is 0 Å². The fourth-order valence-electron chi connectivity index (χ4n) is 4.70. The van der Waals surface area contributed by atoms with Gasteiger partial charge in [-0.3, -0.25) is 4.79 Å². The molecule has 0 aromatic heterocycles. The highest BCUT2D eigenvalue weighted by atomic mass is 35.5. The van der Waals surface area contributed by atoms with Crippen LogP contribution < -0.4 is 0 Å². The molecule has 29 heavy (non-hydrogen) atoms. The van der Waals surface area contributed by atoms with Crippen LogP contribution in [0.4, 0.5) is 0 Å². The molecular formula is C25H26ClNO2. The first-order chi connectivity index (χ1) is 14.0. The summed E-state index contributed by atoms with van der Waals surface area (Å²) in [6.45, 7) is 2.07. The van der Waals surface area contributed by atoms with E-state index < -0.39 is 0 Å². The Balaban J connectivity index is 1.82. The topological polar surface area (TPSA) is 61.1 Å². The minimum Gasteiger partial charge on any atom is -0.512 e. The summed E-state index contributed by atoms with van der Waals surface area (Å²) >= 11 is 6.03. The maximum absolute atomic E-state index is 13.3. The predicted octanol–water partition coefficient (Wildman–Crippen LogP) is 6.64. The van der Waals surface area contributed by atoms with Crippen molar-refractivity contribution in [3.63, 3.8) is 0 Å². The quantitative estimate of drug-likeness (QED) is 0.599. The number of ketones is 1. The molecule has 0 radical (unpaired) electrons. The van der Waals surface area contributed by atoms with Crippen LogP contribution in [-0.4, -0.2) is 16.6 Å². The van der Waals surface area contributed by atoms with E-state index in [4.69, 9.17) is 17.0 Å². The maximum atomic E-state index is 13.3. The molecule has 0 unspecified atom stereocenters. The minimum atomic E-state index is -0.0391. The van der Waals surface area contributed by atoms with E-state index in [-0.39, 0.29) is 23.4 Å². The summed E-state index contributed by atoms with van der Waals surface area (Å²) in [7, 11) is 0. The number of aryl methyl sites for hydroxylation is 1. The summed E-state index contributed by atoms with van der Waals surface area (Å²) in [6.07, 6.45) is 4.12. The second-order valence-electron chi connectivity index (χ2n) is 8.26. The molecule has 2 atom stereocenters. The second kappa shape index (κ2) is 8.16. The molecule has 150 valence electrons. The molecule has 1 fully saturated rings. The zero-order valence-corrected chi connectivity index (χ0v) is 17.4. The lowest BCUT2D eigenvalue weighted by atomic mass is 9.78. The van der Waals surface area contributed by atoms with Gasteiger partial charge in [0.05, 0.1) is 5.57 Å². The van der Waals surface area contributed by atoms with Gasteiger partial charge in [0.25, 0.3) is 0 Å². The fraction of sp³-hybridized carbons (Fsp3) is 0.360. The number of rotatable bonds is 3. The Bertz CT molecular complexity index is 990. The normalized spacial score (nSPS) is 24.9. The highest BCUT2D eigenvalue weighted by molar-refractivity contribution is 6.30. The predicted molar refractivity (Wildman–Crippen MR) is 119 cm³/mol. The zero-order valence-electron chi connectivity index (χ0n) is 16.7. The van der Waals surface area contributed by atoms with E-state index in [1.807, 2.05) is 30.3 Å². The summed E-state index contributed by atoms with van der Waals surface area (Å²) in [5.41, 5.74) is 5.04. The van der Waals surface area contributed by atoms with E-state index >= 15 is 0 Å². The third-order valence-electron chi connectivity index (χ3n) is 6.34. The highest BCUT2D eigenvalue weighted by Crippen LogP contribution is 2.39. The van der Waals surface area contributed by atoms with Gasteiger partial charge in [0, 0.05) is 29.5 Å². The third-order valence-corrected chi connectivity index (χ3v) is 6.60. The number of fused-ring (bicyclic) bond motifs is 5. The first kappa shape index (κ1) is 19.9. The molecule has 3 nitrogen and oxygen atoms in total. The molecule has 2 bridgehead atoms. The van der Waals surface area contributed by atoms with Gasteiger partial charge in [0.2, 0.25) is 0 Å². The van der Waals surface area contributed by atoms with Gasteiger partial charge < -0.3 is 10.5 Å². The monoisotopic (exact) mass is 407 g/mol. The van der Waals surface area contributed by atoms with E-state index in [1.54, 1.807) is 0 Å². The van der Waals surface area contributed by atoms with E-state index in [9.17, 15) is 9.90 Å². The van der Waals surface area contributed by atoms with E-state index in [0.29, 0.717) is 35.6 Å². The number of nitrogens with one attached hydrogen (secondary N) is 1. The third kappa shape index (κ3) is 4.02. The van der Waals surface area contributed by atoms with Crippen LogP contribution in [0, 0.1) is 17.2 Å². The molecule has 3 aliphatic rings. The first-order valence-corrected chi connectivity index (χ1v) is 10.8. The van der Waals surface area contributed by atoms with E-state index in [0.717, 1.165) is 41.5 Å². The summed E-state index contributed by atoms with van der Waals surface area (Å²) in [5, 5.41) is 20.0. The Morgan fingerprint density at radius 1 is 1.03 bits per heavy atom. The average Bonchev–Trinajstić information content (AvgIpc) is 2.78. The SMILES string of the molecule is CCc1ccc(-c2ccc(Cl)cc2)cc1/C1=C(\O)C[C@@H]2CC[C@H](CC1=O)C(=N)C2. The molecular weight excluding hydrogens is 382 g/mol. The van der Waals surface area contributed by atoms with Crippen LogP contribution >= 0.6 is 11.6 Å². The number of halogens is 1. The van der Waals surface area contributed by atoms with Crippen LogP contribution in [0.15, 0.2) is 48.2 Å². The Labute approximate surface area is 176 Å². The Hall–Kier alpha value is -2.39. The van der Waals surface area contributed by atoms with Crippen LogP contribution in [0.2, 0.25) is 5.02 Å². The molecule has 0 spiro atoms. The molecule has 0 amide bonds. The standard InChI is InChI=1S/C25H26ClNO2/c1-2-16-5-6-18(17-7-9-20(26)10-8-17)13-21(16)25-23(28)12-15-3-4-19(14-24(25)29)22(27)11-15/h5-10,13,15,19,27-28H,2-4,11-12,14H2,1H3/b25-23+,27-22?/t15-,19-/m1/s1. The molecule has 4 heteroatoms. The summed E-state index contributed by atoms with van der Waals surface area (Å²) in [5.74, 6) is 0.425.